The second kappa shape index (κ2) is 6.43. The van der Waals surface area contributed by atoms with Crippen molar-refractivity contribution in [3.63, 3.8) is 0 Å². The van der Waals surface area contributed by atoms with Gasteiger partial charge in [0.05, 0.1) is 0 Å². The molecule has 0 saturated heterocycles. The minimum absolute atomic E-state index is 0. The first-order chi connectivity index (χ1) is 7.15. The second-order valence-corrected chi connectivity index (χ2v) is 4.48. The molecule has 1 aromatic heterocycles. The van der Waals surface area contributed by atoms with Crippen LogP contribution in [0.5, 0.6) is 0 Å². The van der Waals surface area contributed by atoms with Gasteiger partial charge in [-0.3, -0.25) is 0 Å². The molecule has 1 aromatic rings. The van der Waals surface area contributed by atoms with E-state index < -0.39 is 0 Å². The molecule has 1 heterocycles. The molecule has 5 heteroatoms. The number of hydrogen-bond donors (Lipinski definition) is 2. The summed E-state index contributed by atoms with van der Waals surface area (Å²) in [6, 6.07) is 4.16. The highest BCUT2D eigenvalue weighted by molar-refractivity contribution is 5.85. The lowest BCUT2D eigenvalue weighted by molar-refractivity contribution is 0.577. The summed E-state index contributed by atoms with van der Waals surface area (Å²) in [5.41, 5.74) is 2.69. The molecule has 1 aliphatic carbocycles. The van der Waals surface area contributed by atoms with Gasteiger partial charge in [0.1, 0.15) is 5.82 Å². The minimum Gasteiger partial charge on any atom is -0.368 e. The standard InChI is InChI=1S/C12H19N3.2ClH/c1-9-4-5-11(15-10(9)2)14-8-12(13-3)6-7-12;;/h4-5,13H,6-8H2,1-3H3,(H,14,15);2*1H. The van der Waals surface area contributed by atoms with E-state index in [0.29, 0.717) is 5.54 Å². The lowest BCUT2D eigenvalue weighted by Gasteiger charge is -2.15. The van der Waals surface area contributed by atoms with Crippen LogP contribution in [-0.2, 0) is 0 Å². The van der Waals surface area contributed by atoms with Crippen LogP contribution in [0.2, 0.25) is 0 Å². The Kier molecular flexibility index (Phi) is 6.24. The molecule has 1 fully saturated rings. The number of rotatable bonds is 4. The fraction of sp³-hybridized carbons (Fsp3) is 0.583. The maximum Gasteiger partial charge on any atom is 0.126 e. The predicted octanol–water partition coefficient (Wildman–Crippen LogP) is 2.71. The van der Waals surface area contributed by atoms with Gasteiger partial charge in [-0.2, -0.15) is 0 Å². The zero-order valence-electron chi connectivity index (χ0n) is 10.5. The van der Waals surface area contributed by atoms with E-state index in [0.717, 1.165) is 18.1 Å². The van der Waals surface area contributed by atoms with Gasteiger partial charge in [-0.15, -0.1) is 24.8 Å². The first-order valence-electron chi connectivity index (χ1n) is 5.52. The van der Waals surface area contributed by atoms with Crippen LogP contribution < -0.4 is 10.6 Å². The number of aromatic nitrogens is 1. The summed E-state index contributed by atoms with van der Waals surface area (Å²) in [7, 11) is 2.03. The maximum absolute atomic E-state index is 4.50. The molecule has 2 rings (SSSR count). The number of aryl methyl sites for hydroxylation is 2. The summed E-state index contributed by atoms with van der Waals surface area (Å²) in [5, 5.41) is 6.75. The number of halogens is 2. The van der Waals surface area contributed by atoms with E-state index in [4.69, 9.17) is 0 Å². The van der Waals surface area contributed by atoms with Crippen molar-refractivity contribution in [2.24, 2.45) is 0 Å². The Hall–Kier alpha value is -0.510. The van der Waals surface area contributed by atoms with Crippen molar-refractivity contribution in [3.05, 3.63) is 23.4 Å². The van der Waals surface area contributed by atoms with Crippen molar-refractivity contribution in [2.45, 2.75) is 32.2 Å². The van der Waals surface area contributed by atoms with Crippen molar-refractivity contribution in [1.82, 2.24) is 10.3 Å². The average molecular weight is 278 g/mol. The molecule has 0 aliphatic heterocycles. The van der Waals surface area contributed by atoms with Gasteiger partial charge in [0.2, 0.25) is 0 Å². The van der Waals surface area contributed by atoms with Gasteiger partial charge < -0.3 is 10.6 Å². The molecule has 0 spiro atoms. The zero-order valence-corrected chi connectivity index (χ0v) is 12.2. The SMILES string of the molecule is CNC1(CNc2ccc(C)c(C)n2)CC1.Cl.Cl. The Morgan fingerprint density at radius 3 is 2.35 bits per heavy atom. The van der Waals surface area contributed by atoms with Gasteiger partial charge in [-0.05, 0) is 45.4 Å². The lowest BCUT2D eigenvalue weighted by Crippen LogP contribution is -2.35. The minimum atomic E-state index is 0. The maximum atomic E-state index is 4.50. The molecule has 17 heavy (non-hydrogen) atoms. The number of nitrogens with zero attached hydrogens (tertiary/aromatic N) is 1. The van der Waals surface area contributed by atoms with Crippen LogP contribution in [0.4, 0.5) is 5.82 Å². The molecule has 98 valence electrons. The van der Waals surface area contributed by atoms with Gasteiger partial charge in [-0.25, -0.2) is 4.98 Å². The van der Waals surface area contributed by atoms with Gasteiger partial charge in [-0.1, -0.05) is 6.07 Å². The second-order valence-electron chi connectivity index (χ2n) is 4.48. The van der Waals surface area contributed by atoms with Crippen LogP contribution in [-0.4, -0.2) is 24.1 Å². The van der Waals surface area contributed by atoms with Gasteiger partial charge in [0, 0.05) is 17.8 Å². The molecule has 2 N–H and O–H groups in total. The zero-order chi connectivity index (χ0) is 10.9. The Balaban J connectivity index is 0.00000128. The van der Waals surface area contributed by atoms with Crippen LogP contribution in [0.25, 0.3) is 0 Å². The van der Waals surface area contributed by atoms with Crippen molar-refractivity contribution in [3.8, 4) is 0 Å². The summed E-state index contributed by atoms with van der Waals surface area (Å²) in [5.74, 6) is 0.986. The predicted molar refractivity (Wildman–Crippen MR) is 77.7 cm³/mol. The molecule has 0 atom stereocenters. The van der Waals surface area contributed by atoms with E-state index in [1.165, 1.54) is 18.4 Å². The molecule has 1 saturated carbocycles. The molecule has 0 radical (unpaired) electrons. The van der Waals surface area contributed by atoms with E-state index in [1.54, 1.807) is 0 Å². The Morgan fingerprint density at radius 1 is 1.24 bits per heavy atom. The van der Waals surface area contributed by atoms with E-state index in [-0.39, 0.29) is 24.8 Å². The molecule has 0 aromatic carbocycles. The Bertz CT molecular complexity index is 365. The fourth-order valence-electron chi connectivity index (χ4n) is 1.65. The topological polar surface area (TPSA) is 37.0 Å². The summed E-state index contributed by atoms with van der Waals surface area (Å²) >= 11 is 0. The van der Waals surface area contributed by atoms with Crippen LogP contribution >= 0.6 is 24.8 Å². The lowest BCUT2D eigenvalue weighted by atomic mass is 10.2. The summed E-state index contributed by atoms with van der Waals surface area (Å²) in [6.07, 6.45) is 2.53. The van der Waals surface area contributed by atoms with Gasteiger partial charge in [0.15, 0.2) is 0 Å². The van der Waals surface area contributed by atoms with Crippen LogP contribution in [0, 0.1) is 13.8 Å². The Morgan fingerprint density at radius 2 is 1.88 bits per heavy atom. The number of likely N-dealkylation sites (N-methyl/N-ethyl adjacent to an activating group) is 1. The fourth-order valence-corrected chi connectivity index (χ4v) is 1.65. The molecular formula is C12H21Cl2N3. The van der Waals surface area contributed by atoms with E-state index in [1.807, 2.05) is 20.0 Å². The monoisotopic (exact) mass is 277 g/mol. The molecule has 3 nitrogen and oxygen atoms in total. The summed E-state index contributed by atoms with van der Waals surface area (Å²) in [6.45, 7) is 5.10. The van der Waals surface area contributed by atoms with Gasteiger partial charge in [0.25, 0.3) is 0 Å². The third-order valence-corrected chi connectivity index (χ3v) is 3.34. The number of hydrogen-bond acceptors (Lipinski definition) is 3. The normalized spacial score (nSPS) is 15.5. The smallest absolute Gasteiger partial charge is 0.126 e. The van der Waals surface area contributed by atoms with Crippen LogP contribution in [0.15, 0.2) is 12.1 Å². The highest BCUT2D eigenvalue weighted by Gasteiger charge is 2.40. The van der Waals surface area contributed by atoms with Gasteiger partial charge >= 0.3 is 0 Å². The quantitative estimate of drug-likeness (QED) is 0.889. The number of nitrogens with one attached hydrogen (secondary N) is 2. The van der Waals surface area contributed by atoms with E-state index in [2.05, 4.69) is 28.6 Å². The highest BCUT2D eigenvalue weighted by atomic mass is 35.5. The average Bonchev–Trinajstić information content (AvgIpc) is 3.01. The van der Waals surface area contributed by atoms with Crippen LogP contribution in [0.3, 0.4) is 0 Å². The first kappa shape index (κ1) is 16.5. The van der Waals surface area contributed by atoms with E-state index >= 15 is 0 Å². The molecule has 0 amide bonds. The number of anilines is 1. The largest absolute Gasteiger partial charge is 0.368 e. The summed E-state index contributed by atoms with van der Waals surface area (Å²) < 4.78 is 0. The van der Waals surface area contributed by atoms with Crippen molar-refractivity contribution in [2.75, 3.05) is 18.9 Å². The third kappa shape index (κ3) is 4.02. The third-order valence-electron chi connectivity index (χ3n) is 3.34. The summed E-state index contributed by atoms with van der Waals surface area (Å²) in [4.78, 5) is 4.50. The Labute approximate surface area is 116 Å². The molecular weight excluding hydrogens is 257 g/mol. The van der Waals surface area contributed by atoms with Crippen molar-refractivity contribution >= 4 is 30.6 Å². The van der Waals surface area contributed by atoms with Crippen molar-refractivity contribution < 1.29 is 0 Å². The molecule has 0 bridgehead atoms. The molecule has 0 unspecified atom stereocenters. The van der Waals surface area contributed by atoms with Crippen LogP contribution in [0.1, 0.15) is 24.1 Å². The highest BCUT2D eigenvalue weighted by Crippen LogP contribution is 2.34. The number of pyridine rings is 1. The van der Waals surface area contributed by atoms with Crippen molar-refractivity contribution in [1.29, 1.82) is 0 Å². The van der Waals surface area contributed by atoms with E-state index in [9.17, 15) is 0 Å². The molecule has 1 aliphatic rings. The first-order valence-corrected chi connectivity index (χ1v) is 5.52.